The van der Waals surface area contributed by atoms with E-state index in [4.69, 9.17) is 16.3 Å². The van der Waals surface area contributed by atoms with Gasteiger partial charge in [-0.2, -0.15) is 5.26 Å². The van der Waals surface area contributed by atoms with Crippen LogP contribution in [-0.4, -0.2) is 12.9 Å². The topological polar surface area (TPSA) is 50.1 Å². The number of carbonyl (C=O) groups is 1. The molecule has 2 rings (SSSR count). The maximum atomic E-state index is 13.2. The maximum Gasteiger partial charge on any atom is 0.184 e. The first kappa shape index (κ1) is 15.0. The SMILES string of the molecule is COc1ccc(Cl)cc1C(C#N)C(=O)c1cccc(F)c1. The molecule has 1 atom stereocenters. The molecule has 0 saturated heterocycles. The minimum Gasteiger partial charge on any atom is -0.496 e. The molecular formula is C16H11ClFNO2. The van der Waals surface area contributed by atoms with Crippen molar-refractivity contribution in [3.63, 3.8) is 0 Å². The minimum atomic E-state index is -1.11. The van der Waals surface area contributed by atoms with Crippen molar-refractivity contribution in [1.82, 2.24) is 0 Å². The maximum absolute atomic E-state index is 13.2. The van der Waals surface area contributed by atoms with E-state index in [-0.39, 0.29) is 5.56 Å². The van der Waals surface area contributed by atoms with Gasteiger partial charge in [-0.25, -0.2) is 4.39 Å². The lowest BCUT2D eigenvalue weighted by atomic mass is 9.91. The van der Waals surface area contributed by atoms with Crippen LogP contribution in [0.1, 0.15) is 21.8 Å². The van der Waals surface area contributed by atoms with Crippen molar-refractivity contribution in [3.8, 4) is 11.8 Å². The van der Waals surface area contributed by atoms with Crippen LogP contribution in [0.15, 0.2) is 42.5 Å². The highest BCUT2D eigenvalue weighted by Gasteiger charge is 2.25. The van der Waals surface area contributed by atoms with Crippen molar-refractivity contribution in [1.29, 1.82) is 5.26 Å². The molecule has 0 heterocycles. The van der Waals surface area contributed by atoms with Gasteiger partial charge in [0.05, 0.1) is 13.2 Å². The second-order valence-electron chi connectivity index (χ2n) is 4.32. The molecule has 0 aliphatic heterocycles. The summed E-state index contributed by atoms with van der Waals surface area (Å²) in [4.78, 5) is 12.4. The van der Waals surface area contributed by atoms with Crippen molar-refractivity contribution in [2.45, 2.75) is 5.92 Å². The van der Waals surface area contributed by atoms with Gasteiger partial charge in [0.25, 0.3) is 0 Å². The van der Waals surface area contributed by atoms with Gasteiger partial charge in [-0.05, 0) is 30.3 Å². The van der Waals surface area contributed by atoms with Crippen molar-refractivity contribution in [3.05, 3.63) is 64.4 Å². The number of halogens is 2. The number of hydrogen-bond donors (Lipinski definition) is 0. The van der Waals surface area contributed by atoms with Gasteiger partial charge in [-0.3, -0.25) is 4.79 Å². The number of hydrogen-bond acceptors (Lipinski definition) is 3. The van der Waals surface area contributed by atoms with E-state index in [9.17, 15) is 14.4 Å². The van der Waals surface area contributed by atoms with E-state index in [1.54, 1.807) is 12.1 Å². The van der Waals surface area contributed by atoms with Crippen LogP contribution in [-0.2, 0) is 0 Å². The van der Waals surface area contributed by atoms with Gasteiger partial charge < -0.3 is 4.74 Å². The third-order valence-electron chi connectivity index (χ3n) is 3.00. The second kappa shape index (κ2) is 6.38. The summed E-state index contributed by atoms with van der Waals surface area (Å²) in [5.41, 5.74) is 0.491. The van der Waals surface area contributed by atoms with Crippen LogP contribution in [0, 0.1) is 17.1 Å². The number of rotatable bonds is 4. The summed E-state index contributed by atoms with van der Waals surface area (Å²) in [6, 6.07) is 11.8. The number of Topliss-reactive ketones (excluding diaryl/α,β-unsaturated/α-hetero) is 1. The number of ether oxygens (including phenoxy) is 1. The first-order chi connectivity index (χ1) is 10.1. The molecule has 0 aromatic heterocycles. The third kappa shape index (κ3) is 3.21. The Morgan fingerprint density at radius 1 is 1.33 bits per heavy atom. The average molecular weight is 304 g/mol. The highest BCUT2D eigenvalue weighted by molar-refractivity contribution is 6.30. The number of ketones is 1. The van der Waals surface area contributed by atoms with E-state index >= 15 is 0 Å². The lowest BCUT2D eigenvalue weighted by Gasteiger charge is -2.13. The molecule has 106 valence electrons. The van der Waals surface area contributed by atoms with Crippen molar-refractivity contribution in [2.75, 3.05) is 7.11 Å². The van der Waals surface area contributed by atoms with Crippen LogP contribution >= 0.6 is 11.6 Å². The molecule has 0 fully saturated rings. The molecule has 0 aliphatic carbocycles. The molecule has 3 nitrogen and oxygen atoms in total. The molecule has 0 bridgehead atoms. The Kier molecular flexibility index (Phi) is 4.56. The summed E-state index contributed by atoms with van der Waals surface area (Å²) < 4.78 is 18.4. The fourth-order valence-electron chi connectivity index (χ4n) is 2.01. The van der Waals surface area contributed by atoms with Gasteiger partial charge in [0.1, 0.15) is 17.5 Å². The molecule has 0 spiro atoms. The third-order valence-corrected chi connectivity index (χ3v) is 3.24. The zero-order valence-electron chi connectivity index (χ0n) is 11.1. The average Bonchev–Trinajstić information content (AvgIpc) is 2.48. The highest BCUT2D eigenvalue weighted by atomic mass is 35.5. The monoisotopic (exact) mass is 303 g/mol. The van der Waals surface area contributed by atoms with Gasteiger partial charge in [-0.15, -0.1) is 0 Å². The lowest BCUT2D eigenvalue weighted by molar-refractivity contribution is 0.0977. The van der Waals surface area contributed by atoms with Gasteiger partial charge in [-0.1, -0.05) is 23.7 Å². The number of nitrogens with zero attached hydrogens (tertiary/aromatic N) is 1. The smallest absolute Gasteiger partial charge is 0.184 e. The number of nitriles is 1. The van der Waals surface area contributed by atoms with Crippen LogP contribution in [0.2, 0.25) is 5.02 Å². The quantitative estimate of drug-likeness (QED) is 0.803. The van der Waals surface area contributed by atoms with Crippen LogP contribution in [0.25, 0.3) is 0 Å². The summed E-state index contributed by atoms with van der Waals surface area (Å²) in [6.45, 7) is 0. The zero-order valence-corrected chi connectivity index (χ0v) is 11.9. The van der Waals surface area contributed by atoms with Crippen LogP contribution in [0.5, 0.6) is 5.75 Å². The Hall–Kier alpha value is -2.38. The number of carbonyl (C=O) groups excluding carboxylic acids is 1. The summed E-state index contributed by atoms with van der Waals surface area (Å²) in [7, 11) is 1.44. The first-order valence-electron chi connectivity index (χ1n) is 6.09. The molecule has 5 heteroatoms. The molecule has 1 unspecified atom stereocenters. The number of methoxy groups -OCH3 is 1. The summed E-state index contributed by atoms with van der Waals surface area (Å²) in [5, 5.41) is 9.72. The van der Waals surface area contributed by atoms with Gasteiger partial charge >= 0.3 is 0 Å². The van der Waals surface area contributed by atoms with Crippen molar-refractivity contribution in [2.24, 2.45) is 0 Å². The summed E-state index contributed by atoms with van der Waals surface area (Å²) in [5.74, 6) is -1.76. The van der Waals surface area contributed by atoms with Gasteiger partial charge in [0, 0.05) is 16.1 Å². The standard InChI is InChI=1S/C16H11ClFNO2/c1-21-15-6-5-11(17)8-13(15)14(9-19)16(20)10-3-2-4-12(18)7-10/h2-8,14H,1H3. The van der Waals surface area contributed by atoms with E-state index < -0.39 is 17.5 Å². The molecule has 21 heavy (non-hydrogen) atoms. The molecule has 0 aliphatic rings. The fourth-order valence-corrected chi connectivity index (χ4v) is 2.19. The minimum absolute atomic E-state index is 0.128. The highest BCUT2D eigenvalue weighted by Crippen LogP contribution is 2.31. The second-order valence-corrected chi connectivity index (χ2v) is 4.76. The fraction of sp³-hybridized carbons (Fsp3) is 0.125. The number of benzene rings is 2. The summed E-state index contributed by atoms with van der Waals surface area (Å²) >= 11 is 5.91. The van der Waals surface area contributed by atoms with E-state index in [0.717, 1.165) is 6.07 Å². The summed E-state index contributed by atoms with van der Waals surface area (Å²) in [6.07, 6.45) is 0. The predicted molar refractivity (Wildman–Crippen MR) is 77.1 cm³/mol. The molecule has 0 radical (unpaired) electrons. The van der Waals surface area contributed by atoms with E-state index in [1.165, 1.54) is 31.4 Å². The normalized spacial score (nSPS) is 11.5. The molecule has 0 saturated carbocycles. The van der Waals surface area contributed by atoms with E-state index in [1.807, 2.05) is 6.07 Å². The molecule has 2 aromatic rings. The Morgan fingerprint density at radius 2 is 2.10 bits per heavy atom. The van der Waals surface area contributed by atoms with E-state index in [2.05, 4.69) is 0 Å². The van der Waals surface area contributed by atoms with Crippen molar-refractivity contribution >= 4 is 17.4 Å². The predicted octanol–water partition coefficient (Wildman–Crippen LogP) is 3.98. The molecule has 2 aromatic carbocycles. The zero-order chi connectivity index (χ0) is 15.4. The van der Waals surface area contributed by atoms with Crippen LogP contribution in [0.4, 0.5) is 4.39 Å². The lowest BCUT2D eigenvalue weighted by Crippen LogP contribution is -2.12. The molecular weight excluding hydrogens is 293 g/mol. The molecule has 0 N–H and O–H groups in total. The van der Waals surface area contributed by atoms with Crippen molar-refractivity contribution < 1.29 is 13.9 Å². The van der Waals surface area contributed by atoms with Crippen LogP contribution < -0.4 is 4.74 Å². The largest absolute Gasteiger partial charge is 0.496 e. The van der Waals surface area contributed by atoms with Gasteiger partial charge in [0.2, 0.25) is 0 Å². The first-order valence-corrected chi connectivity index (χ1v) is 6.47. The Balaban J connectivity index is 2.48. The van der Waals surface area contributed by atoms with Crippen LogP contribution in [0.3, 0.4) is 0 Å². The van der Waals surface area contributed by atoms with Gasteiger partial charge in [0.15, 0.2) is 5.78 Å². The Labute approximate surface area is 126 Å². The Bertz CT molecular complexity index is 724. The van der Waals surface area contributed by atoms with E-state index in [0.29, 0.717) is 16.3 Å². The molecule has 0 amide bonds. The Morgan fingerprint density at radius 3 is 2.71 bits per heavy atom.